The molecular weight excluding hydrogens is 436 g/mol. The molecule has 0 spiro atoms. The van der Waals surface area contributed by atoms with Crippen molar-refractivity contribution < 1.29 is 9.59 Å². The molecule has 2 atom stereocenters. The van der Waals surface area contributed by atoms with E-state index in [1.165, 1.54) is 70.6 Å². The fourth-order valence-corrected chi connectivity index (χ4v) is 7.22. The minimum Gasteiger partial charge on any atom is -0.354 e. The Morgan fingerprint density at radius 2 is 1.43 bits per heavy atom. The number of nitrogens with one attached hydrogen (secondary N) is 2. The summed E-state index contributed by atoms with van der Waals surface area (Å²) >= 11 is 0. The number of carbonyl (C=O) groups excluding carboxylic acids is 2. The lowest BCUT2D eigenvalue weighted by Gasteiger charge is -2.33. The van der Waals surface area contributed by atoms with Crippen LogP contribution in [-0.4, -0.2) is 54.5 Å². The zero-order valence-corrected chi connectivity index (χ0v) is 22.2. The molecule has 1 aliphatic heterocycles. The highest BCUT2D eigenvalue weighted by Gasteiger charge is 2.38. The van der Waals surface area contributed by atoms with Crippen LogP contribution in [0.3, 0.4) is 0 Å². The smallest absolute Gasteiger partial charge is 0.242 e. The highest BCUT2D eigenvalue weighted by Crippen LogP contribution is 2.30. The highest BCUT2D eigenvalue weighted by molar-refractivity contribution is 5.90. The van der Waals surface area contributed by atoms with Crippen molar-refractivity contribution in [2.75, 3.05) is 19.6 Å². The zero-order chi connectivity index (χ0) is 24.5. The van der Waals surface area contributed by atoms with Gasteiger partial charge in [0.2, 0.25) is 11.8 Å². The van der Waals surface area contributed by atoms with E-state index >= 15 is 0 Å². The molecule has 6 nitrogen and oxygen atoms in total. The molecule has 3 aliphatic carbocycles. The normalized spacial score (nSPS) is 29.7. The molecule has 0 aromatic rings. The number of hydrogen-bond donors (Lipinski definition) is 3. The van der Waals surface area contributed by atoms with E-state index in [1.54, 1.807) is 0 Å². The Kier molecular flexibility index (Phi) is 10.7. The summed E-state index contributed by atoms with van der Waals surface area (Å²) in [5.41, 5.74) is 6.04. The van der Waals surface area contributed by atoms with Gasteiger partial charge in [-0.3, -0.25) is 9.59 Å². The first-order valence-electron chi connectivity index (χ1n) is 15.2. The van der Waals surface area contributed by atoms with Crippen molar-refractivity contribution in [1.29, 1.82) is 0 Å². The van der Waals surface area contributed by atoms with Crippen molar-refractivity contribution in [2.45, 2.75) is 134 Å². The molecule has 35 heavy (non-hydrogen) atoms. The number of nitrogens with zero attached hydrogens (tertiary/aromatic N) is 1. The lowest BCUT2D eigenvalue weighted by Crippen LogP contribution is -2.53. The van der Waals surface area contributed by atoms with Crippen LogP contribution in [0.2, 0.25) is 0 Å². The molecule has 0 radical (unpaired) electrons. The van der Waals surface area contributed by atoms with Gasteiger partial charge in [0.05, 0.1) is 6.04 Å². The quantitative estimate of drug-likeness (QED) is 0.422. The minimum absolute atomic E-state index is 0.0596. The number of carbonyl (C=O) groups is 2. The molecule has 1 unspecified atom stereocenters. The summed E-state index contributed by atoms with van der Waals surface area (Å²) in [7, 11) is 0. The number of likely N-dealkylation sites (tertiary alicyclic amines) is 1. The molecular formula is C29H52N4O2. The number of nitrogens with two attached hydrogens (primary N) is 1. The molecule has 4 fully saturated rings. The third-order valence-corrected chi connectivity index (χ3v) is 9.55. The van der Waals surface area contributed by atoms with Gasteiger partial charge in [-0.1, -0.05) is 64.2 Å². The van der Waals surface area contributed by atoms with E-state index in [1.807, 2.05) is 4.90 Å². The first kappa shape index (κ1) is 26.9. The first-order valence-corrected chi connectivity index (χ1v) is 15.2. The van der Waals surface area contributed by atoms with Gasteiger partial charge in [-0.2, -0.15) is 0 Å². The summed E-state index contributed by atoms with van der Waals surface area (Å²) in [5, 5.41) is 6.91. The molecule has 3 saturated carbocycles. The maximum absolute atomic E-state index is 13.8. The van der Waals surface area contributed by atoms with E-state index in [9.17, 15) is 9.59 Å². The Balaban J connectivity index is 1.31. The van der Waals surface area contributed by atoms with Gasteiger partial charge < -0.3 is 21.3 Å². The predicted octanol–water partition coefficient (Wildman–Crippen LogP) is 4.51. The van der Waals surface area contributed by atoms with E-state index in [0.717, 1.165) is 70.5 Å². The molecule has 0 bridgehead atoms. The zero-order valence-electron chi connectivity index (χ0n) is 22.2. The summed E-state index contributed by atoms with van der Waals surface area (Å²) in [6.07, 6.45) is 21.4. The molecule has 200 valence electrons. The summed E-state index contributed by atoms with van der Waals surface area (Å²) < 4.78 is 0. The van der Waals surface area contributed by atoms with Crippen molar-refractivity contribution in [1.82, 2.24) is 15.5 Å². The van der Waals surface area contributed by atoms with Crippen LogP contribution in [0, 0.1) is 17.8 Å². The Labute approximate surface area is 213 Å². The SMILES string of the molecule is NC1CCC(CNC(=O)[C@@H]2CCCN2C(=O)C(CC2CCCCC2)NCCC2CCCCC2)CC1. The lowest BCUT2D eigenvalue weighted by atomic mass is 9.84. The monoisotopic (exact) mass is 488 g/mol. The highest BCUT2D eigenvalue weighted by atomic mass is 16.2. The maximum atomic E-state index is 13.8. The van der Waals surface area contributed by atoms with Crippen LogP contribution in [0.1, 0.15) is 116 Å². The average molecular weight is 489 g/mol. The van der Waals surface area contributed by atoms with Gasteiger partial charge in [0.25, 0.3) is 0 Å². The standard InChI is InChI=1S/C29H52N4O2/c30-25-15-13-24(14-16-25)21-32-28(34)27-12-7-19-33(27)29(35)26(20-23-10-5-2-6-11-23)31-18-17-22-8-3-1-4-9-22/h22-27,31H,1-21,30H2,(H,32,34)/t24?,25?,26?,27-/m0/s1. The predicted molar refractivity (Wildman–Crippen MR) is 142 cm³/mol. The van der Waals surface area contributed by atoms with E-state index in [4.69, 9.17) is 5.73 Å². The summed E-state index contributed by atoms with van der Waals surface area (Å²) in [4.78, 5) is 28.9. The molecule has 1 heterocycles. The summed E-state index contributed by atoms with van der Waals surface area (Å²) in [5.74, 6) is 2.24. The maximum Gasteiger partial charge on any atom is 0.242 e. The van der Waals surface area contributed by atoms with E-state index < -0.39 is 0 Å². The third-order valence-electron chi connectivity index (χ3n) is 9.55. The van der Waals surface area contributed by atoms with Gasteiger partial charge >= 0.3 is 0 Å². The van der Waals surface area contributed by atoms with Crippen molar-refractivity contribution in [3.8, 4) is 0 Å². The number of rotatable bonds is 10. The second-order valence-electron chi connectivity index (χ2n) is 12.3. The van der Waals surface area contributed by atoms with Crippen LogP contribution in [-0.2, 0) is 9.59 Å². The van der Waals surface area contributed by atoms with Crippen molar-refractivity contribution in [3.63, 3.8) is 0 Å². The second kappa shape index (κ2) is 14.0. The van der Waals surface area contributed by atoms with Crippen LogP contribution in [0.25, 0.3) is 0 Å². The van der Waals surface area contributed by atoms with Gasteiger partial charge in [0, 0.05) is 19.1 Å². The topological polar surface area (TPSA) is 87.5 Å². The van der Waals surface area contributed by atoms with E-state index in [2.05, 4.69) is 10.6 Å². The van der Waals surface area contributed by atoms with Crippen molar-refractivity contribution >= 4 is 11.8 Å². The van der Waals surface area contributed by atoms with Crippen molar-refractivity contribution in [2.24, 2.45) is 23.5 Å². The number of hydrogen-bond acceptors (Lipinski definition) is 4. The molecule has 4 rings (SSSR count). The fourth-order valence-electron chi connectivity index (χ4n) is 7.22. The van der Waals surface area contributed by atoms with Gasteiger partial charge in [0.15, 0.2) is 0 Å². The van der Waals surface area contributed by atoms with Gasteiger partial charge in [-0.25, -0.2) is 0 Å². The van der Waals surface area contributed by atoms with E-state index in [0.29, 0.717) is 17.9 Å². The Morgan fingerprint density at radius 1 is 0.771 bits per heavy atom. The molecule has 2 amide bonds. The second-order valence-corrected chi connectivity index (χ2v) is 12.3. The Morgan fingerprint density at radius 3 is 2.11 bits per heavy atom. The lowest BCUT2D eigenvalue weighted by molar-refractivity contribution is -0.140. The molecule has 4 aliphatic rings. The summed E-state index contributed by atoms with van der Waals surface area (Å²) in [6, 6.07) is -0.0890. The number of amides is 2. The van der Waals surface area contributed by atoms with Gasteiger partial charge in [0.1, 0.15) is 6.04 Å². The largest absolute Gasteiger partial charge is 0.354 e. The molecule has 0 aromatic carbocycles. The van der Waals surface area contributed by atoms with Gasteiger partial charge in [-0.05, 0) is 75.7 Å². The average Bonchev–Trinajstić information content (AvgIpc) is 3.39. The van der Waals surface area contributed by atoms with Gasteiger partial charge in [-0.15, -0.1) is 0 Å². The van der Waals surface area contributed by atoms with Crippen LogP contribution >= 0.6 is 0 Å². The van der Waals surface area contributed by atoms with Crippen LogP contribution in [0.5, 0.6) is 0 Å². The molecule has 4 N–H and O–H groups in total. The summed E-state index contributed by atoms with van der Waals surface area (Å²) in [6.45, 7) is 2.39. The molecule has 0 aromatic heterocycles. The minimum atomic E-state index is -0.289. The third kappa shape index (κ3) is 8.18. The first-order chi connectivity index (χ1) is 17.1. The van der Waals surface area contributed by atoms with Crippen molar-refractivity contribution in [3.05, 3.63) is 0 Å². The Bertz CT molecular complexity index is 651. The molecule has 6 heteroatoms. The van der Waals surface area contributed by atoms with Crippen LogP contribution in [0.4, 0.5) is 0 Å². The Hall–Kier alpha value is -1.14. The van der Waals surface area contributed by atoms with E-state index in [-0.39, 0.29) is 23.9 Å². The van der Waals surface area contributed by atoms with Crippen LogP contribution in [0.15, 0.2) is 0 Å². The van der Waals surface area contributed by atoms with Crippen LogP contribution < -0.4 is 16.4 Å². The molecule has 1 saturated heterocycles. The fraction of sp³-hybridized carbons (Fsp3) is 0.931.